The molecule has 0 radical (unpaired) electrons. The Labute approximate surface area is 104 Å². The summed E-state index contributed by atoms with van der Waals surface area (Å²) in [4.78, 5) is 4.17. The molecule has 0 spiro atoms. The molecule has 2 aromatic rings. The van der Waals surface area contributed by atoms with E-state index in [2.05, 4.69) is 17.2 Å². The van der Waals surface area contributed by atoms with Crippen LogP contribution in [0.3, 0.4) is 0 Å². The molecular formula is C13H15F2N3. The third-order valence-electron chi connectivity index (χ3n) is 2.61. The van der Waals surface area contributed by atoms with E-state index in [1.54, 1.807) is 12.3 Å². The highest BCUT2D eigenvalue weighted by atomic mass is 19.2. The second-order valence-electron chi connectivity index (χ2n) is 4.05. The maximum Gasteiger partial charge on any atom is 0.203 e. The van der Waals surface area contributed by atoms with Crippen LogP contribution in [0.25, 0.3) is 0 Å². The van der Waals surface area contributed by atoms with Gasteiger partial charge in [0.15, 0.2) is 11.6 Å². The molecule has 1 N–H and O–H groups in total. The van der Waals surface area contributed by atoms with E-state index >= 15 is 0 Å². The van der Waals surface area contributed by atoms with Gasteiger partial charge in [0.2, 0.25) is 5.95 Å². The zero-order chi connectivity index (χ0) is 13.0. The van der Waals surface area contributed by atoms with Crippen LogP contribution in [0, 0.1) is 11.6 Å². The Balaban J connectivity index is 2.02. The minimum atomic E-state index is -0.828. The number of hydrogen-bond acceptors (Lipinski definition) is 2. The molecule has 2 rings (SSSR count). The Morgan fingerprint density at radius 2 is 2.11 bits per heavy atom. The SMILES string of the molecule is CCCn1ccnc1NCc1ccc(F)c(F)c1. The molecule has 18 heavy (non-hydrogen) atoms. The van der Waals surface area contributed by atoms with Gasteiger partial charge >= 0.3 is 0 Å². The number of hydrogen-bond donors (Lipinski definition) is 1. The van der Waals surface area contributed by atoms with Gasteiger partial charge in [-0.25, -0.2) is 13.8 Å². The number of nitrogens with one attached hydrogen (secondary N) is 1. The lowest BCUT2D eigenvalue weighted by atomic mass is 10.2. The first-order valence-electron chi connectivity index (χ1n) is 5.89. The average Bonchev–Trinajstić information content (AvgIpc) is 2.79. The molecule has 5 heteroatoms. The first kappa shape index (κ1) is 12.5. The molecule has 0 atom stereocenters. The maximum atomic E-state index is 13.0. The molecule has 0 unspecified atom stereocenters. The van der Waals surface area contributed by atoms with E-state index in [1.807, 2.05) is 10.8 Å². The van der Waals surface area contributed by atoms with Crippen LogP contribution in [0.15, 0.2) is 30.6 Å². The molecule has 1 heterocycles. The van der Waals surface area contributed by atoms with Gasteiger partial charge in [0.05, 0.1) is 0 Å². The summed E-state index contributed by atoms with van der Waals surface area (Å²) in [5.41, 5.74) is 0.681. The standard InChI is InChI=1S/C13H15F2N3/c1-2-6-18-7-5-16-13(18)17-9-10-3-4-11(14)12(15)8-10/h3-5,7-8H,2,6,9H2,1H3,(H,16,17). The fourth-order valence-corrected chi connectivity index (χ4v) is 1.73. The highest BCUT2D eigenvalue weighted by Crippen LogP contribution is 2.11. The smallest absolute Gasteiger partial charge is 0.203 e. The van der Waals surface area contributed by atoms with Crippen LogP contribution in [0.1, 0.15) is 18.9 Å². The van der Waals surface area contributed by atoms with Gasteiger partial charge in [-0.15, -0.1) is 0 Å². The van der Waals surface area contributed by atoms with Gasteiger partial charge in [0.1, 0.15) is 0 Å². The molecule has 0 saturated heterocycles. The van der Waals surface area contributed by atoms with Crippen LogP contribution in [0.5, 0.6) is 0 Å². The fraction of sp³-hybridized carbons (Fsp3) is 0.308. The second-order valence-corrected chi connectivity index (χ2v) is 4.05. The predicted molar refractivity (Wildman–Crippen MR) is 66.2 cm³/mol. The highest BCUT2D eigenvalue weighted by molar-refractivity contribution is 5.29. The van der Waals surface area contributed by atoms with Crippen LogP contribution in [-0.4, -0.2) is 9.55 Å². The molecule has 0 aliphatic carbocycles. The van der Waals surface area contributed by atoms with Gasteiger partial charge in [-0.05, 0) is 24.1 Å². The molecule has 0 amide bonds. The van der Waals surface area contributed by atoms with Crippen molar-refractivity contribution in [3.8, 4) is 0 Å². The summed E-state index contributed by atoms with van der Waals surface area (Å²) in [5, 5.41) is 3.10. The van der Waals surface area contributed by atoms with Crippen LogP contribution in [0.2, 0.25) is 0 Å². The van der Waals surface area contributed by atoms with Crippen molar-refractivity contribution >= 4 is 5.95 Å². The molecule has 0 bridgehead atoms. The monoisotopic (exact) mass is 251 g/mol. The van der Waals surface area contributed by atoms with Crippen molar-refractivity contribution < 1.29 is 8.78 Å². The van der Waals surface area contributed by atoms with E-state index in [4.69, 9.17) is 0 Å². The van der Waals surface area contributed by atoms with Gasteiger partial charge in [-0.2, -0.15) is 0 Å². The van der Waals surface area contributed by atoms with E-state index in [1.165, 1.54) is 6.07 Å². The number of imidazole rings is 1. The van der Waals surface area contributed by atoms with Crippen molar-refractivity contribution in [2.45, 2.75) is 26.4 Å². The Morgan fingerprint density at radius 3 is 2.83 bits per heavy atom. The Kier molecular flexibility index (Phi) is 3.92. The molecule has 0 fully saturated rings. The van der Waals surface area contributed by atoms with Crippen LogP contribution < -0.4 is 5.32 Å². The fourth-order valence-electron chi connectivity index (χ4n) is 1.73. The number of nitrogens with zero attached hydrogens (tertiary/aromatic N) is 2. The average molecular weight is 251 g/mol. The van der Waals surface area contributed by atoms with Crippen LogP contribution in [0.4, 0.5) is 14.7 Å². The van der Waals surface area contributed by atoms with Crippen molar-refractivity contribution in [3.63, 3.8) is 0 Å². The normalized spacial score (nSPS) is 10.6. The van der Waals surface area contributed by atoms with Crippen molar-refractivity contribution in [1.29, 1.82) is 0 Å². The lowest BCUT2D eigenvalue weighted by Gasteiger charge is -2.09. The Hall–Kier alpha value is -1.91. The number of aromatic nitrogens is 2. The topological polar surface area (TPSA) is 29.9 Å². The minimum Gasteiger partial charge on any atom is -0.352 e. The molecule has 1 aromatic carbocycles. The van der Waals surface area contributed by atoms with Gasteiger partial charge in [0.25, 0.3) is 0 Å². The summed E-state index contributed by atoms with van der Waals surface area (Å²) >= 11 is 0. The molecule has 0 aliphatic rings. The summed E-state index contributed by atoms with van der Waals surface area (Å²) in [6.07, 6.45) is 4.61. The van der Waals surface area contributed by atoms with E-state index in [0.29, 0.717) is 12.1 Å². The number of halogens is 2. The van der Waals surface area contributed by atoms with Crippen molar-refractivity contribution in [2.24, 2.45) is 0 Å². The number of benzene rings is 1. The first-order chi connectivity index (χ1) is 8.70. The third-order valence-corrected chi connectivity index (χ3v) is 2.61. The molecule has 3 nitrogen and oxygen atoms in total. The Bertz CT molecular complexity index is 523. The van der Waals surface area contributed by atoms with Gasteiger partial charge < -0.3 is 9.88 Å². The molecule has 96 valence electrons. The van der Waals surface area contributed by atoms with Gasteiger partial charge in [-0.3, -0.25) is 0 Å². The van der Waals surface area contributed by atoms with E-state index in [-0.39, 0.29) is 0 Å². The van der Waals surface area contributed by atoms with Crippen LogP contribution >= 0.6 is 0 Å². The first-order valence-corrected chi connectivity index (χ1v) is 5.89. The quantitative estimate of drug-likeness (QED) is 0.884. The Morgan fingerprint density at radius 1 is 1.28 bits per heavy atom. The largest absolute Gasteiger partial charge is 0.352 e. The maximum absolute atomic E-state index is 13.0. The summed E-state index contributed by atoms with van der Waals surface area (Å²) < 4.78 is 27.8. The number of aryl methyl sites for hydroxylation is 1. The third kappa shape index (κ3) is 2.85. The number of anilines is 1. The van der Waals surface area contributed by atoms with E-state index < -0.39 is 11.6 Å². The molecule has 0 aliphatic heterocycles. The van der Waals surface area contributed by atoms with Crippen molar-refractivity contribution in [3.05, 3.63) is 47.8 Å². The zero-order valence-electron chi connectivity index (χ0n) is 10.2. The second kappa shape index (κ2) is 5.62. The summed E-state index contributed by atoms with van der Waals surface area (Å²) in [6.45, 7) is 3.37. The zero-order valence-corrected chi connectivity index (χ0v) is 10.2. The van der Waals surface area contributed by atoms with Crippen molar-refractivity contribution in [1.82, 2.24) is 9.55 Å². The van der Waals surface area contributed by atoms with Gasteiger partial charge in [0, 0.05) is 25.5 Å². The van der Waals surface area contributed by atoms with E-state index in [9.17, 15) is 8.78 Å². The summed E-state index contributed by atoms with van der Waals surface area (Å²) in [5.74, 6) is -0.918. The van der Waals surface area contributed by atoms with E-state index in [0.717, 1.165) is 25.0 Å². The lowest BCUT2D eigenvalue weighted by Crippen LogP contribution is -2.07. The molecular weight excluding hydrogens is 236 g/mol. The van der Waals surface area contributed by atoms with Gasteiger partial charge in [-0.1, -0.05) is 13.0 Å². The summed E-state index contributed by atoms with van der Waals surface area (Å²) in [7, 11) is 0. The van der Waals surface area contributed by atoms with Crippen molar-refractivity contribution in [2.75, 3.05) is 5.32 Å². The van der Waals surface area contributed by atoms with Crippen LogP contribution in [-0.2, 0) is 13.1 Å². The lowest BCUT2D eigenvalue weighted by molar-refractivity contribution is 0.507. The minimum absolute atomic E-state index is 0.415. The summed E-state index contributed by atoms with van der Waals surface area (Å²) in [6, 6.07) is 3.87. The highest BCUT2D eigenvalue weighted by Gasteiger charge is 2.04. The molecule has 1 aromatic heterocycles. The molecule has 0 saturated carbocycles. The predicted octanol–water partition coefficient (Wildman–Crippen LogP) is 3.18. The number of rotatable bonds is 5.